The van der Waals surface area contributed by atoms with Gasteiger partial charge in [-0.25, -0.2) is 13.1 Å². The van der Waals surface area contributed by atoms with E-state index >= 15 is 0 Å². The maximum Gasteiger partial charge on any atom is 0.291 e. The minimum atomic E-state index is -3.86. The number of aryl methyl sites for hydroxylation is 2. The van der Waals surface area contributed by atoms with Gasteiger partial charge >= 0.3 is 0 Å². The molecule has 0 fully saturated rings. The van der Waals surface area contributed by atoms with E-state index in [-0.39, 0.29) is 16.5 Å². The average molecular weight is 425 g/mol. The molecule has 30 heavy (non-hydrogen) atoms. The number of nitrogens with zero attached hydrogens (tertiary/aromatic N) is 1. The number of benzene rings is 2. The van der Waals surface area contributed by atoms with Crippen molar-refractivity contribution < 1.29 is 22.2 Å². The van der Waals surface area contributed by atoms with Crippen LogP contribution in [0.1, 0.15) is 27.4 Å². The Labute approximate surface area is 172 Å². The first-order valence-corrected chi connectivity index (χ1v) is 10.6. The van der Waals surface area contributed by atoms with Crippen LogP contribution in [-0.4, -0.2) is 19.5 Å². The third-order valence-corrected chi connectivity index (χ3v) is 6.20. The summed E-state index contributed by atoms with van der Waals surface area (Å²) in [6, 6.07) is 13.2. The number of hydrogen-bond donors (Lipinski definition) is 2. The molecule has 0 unspecified atom stereocenters. The Hall–Kier alpha value is -3.59. The van der Waals surface area contributed by atoms with E-state index in [0.29, 0.717) is 22.5 Å². The van der Waals surface area contributed by atoms with Crippen molar-refractivity contribution in [3.8, 4) is 0 Å². The first-order valence-electron chi connectivity index (χ1n) is 9.11. The van der Waals surface area contributed by atoms with Gasteiger partial charge in [-0.2, -0.15) is 0 Å². The van der Waals surface area contributed by atoms with Gasteiger partial charge in [-0.15, -0.1) is 0 Å². The third-order valence-electron chi connectivity index (χ3n) is 4.86. The fourth-order valence-electron chi connectivity index (χ4n) is 2.99. The molecular weight excluding hydrogens is 406 g/mol. The number of carbonyl (C=O) groups is 1. The molecule has 1 amide bonds. The lowest BCUT2D eigenvalue weighted by Crippen LogP contribution is -2.14. The zero-order valence-electron chi connectivity index (χ0n) is 16.5. The Kier molecular flexibility index (Phi) is 4.83. The highest BCUT2D eigenvalue weighted by Gasteiger charge is 2.20. The van der Waals surface area contributed by atoms with Gasteiger partial charge in [-0.3, -0.25) is 4.79 Å². The van der Waals surface area contributed by atoms with Crippen molar-refractivity contribution in [1.82, 2.24) is 5.16 Å². The van der Waals surface area contributed by atoms with E-state index in [1.54, 1.807) is 19.9 Å². The van der Waals surface area contributed by atoms with Crippen LogP contribution in [0.15, 0.2) is 62.4 Å². The number of para-hydroxylation sites is 1. The summed E-state index contributed by atoms with van der Waals surface area (Å²) in [6.07, 6.45) is 0. The van der Waals surface area contributed by atoms with Crippen LogP contribution in [-0.2, 0) is 10.0 Å². The van der Waals surface area contributed by atoms with Crippen molar-refractivity contribution in [3.63, 3.8) is 0 Å². The number of anilines is 2. The van der Waals surface area contributed by atoms with E-state index in [1.165, 1.54) is 24.3 Å². The molecule has 0 aliphatic carbocycles. The van der Waals surface area contributed by atoms with Crippen LogP contribution in [0.5, 0.6) is 0 Å². The Bertz CT molecular complexity index is 1350. The summed E-state index contributed by atoms with van der Waals surface area (Å²) in [6.45, 7) is 5.25. The van der Waals surface area contributed by atoms with Gasteiger partial charge in [-0.1, -0.05) is 23.4 Å². The molecule has 154 valence electrons. The van der Waals surface area contributed by atoms with Crippen LogP contribution in [0.25, 0.3) is 11.0 Å². The number of fused-ring (bicyclic) bond motifs is 1. The quantitative estimate of drug-likeness (QED) is 0.490. The fourth-order valence-corrected chi connectivity index (χ4v) is 4.03. The second kappa shape index (κ2) is 7.34. The maximum atomic E-state index is 12.6. The van der Waals surface area contributed by atoms with Crippen LogP contribution in [0.4, 0.5) is 11.6 Å². The summed E-state index contributed by atoms with van der Waals surface area (Å²) >= 11 is 0. The number of hydrogen-bond acceptors (Lipinski definition) is 6. The summed E-state index contributed by atoms with van der Waals surface area (Å²) in [5.41, 5.74) is 3.02. The van der Waals surface area contributed by atoms with Crippen LogP contribution in [0.2, 0.25) is 0 Å². The van der Waals surface area contributed by atoms with Crippen molar-refractivity contribution in [1.29, 1.82) is 0 Å². The molecule has 2 N–H and O–H groups in total. The lowest BCUT2D eigenvalue weighted by atomic mass is 10.1. The van der Waals surface area contributed by atoms with Crippen LogP contribution in [0.3, 0.4) is 0 Å². The second-order valence-electron chi connectivity index (χ2n) is 6.86. The molecule has 0 aliphatic rings. The van der Waals surface area contributed by atoms with Gasteiger partial charge in [0.1, 0.15) is 5.58 Å². The zero-order valence-corrected chi connectivity index (χ0v) is 17.3. The van der Waals surface area contributed by atoms with E-state index < -0.39 is 15.9 Å². The number of sulfonamides is 1. The lowest BCUT2D eigenvalue weighted by Gasteiger charge is -2.08. The summed E-state index contributed by atoms with van der Waals surface area (Å²) in [4.78, 5) is 12.6. The smallest absolute Gasteiger partial charge is 0.291 e. The average Bonchev–Trinajstić information content (AvgIpc) is 3.22. The Morgan fingerprint density at radius 1 is 0.967 bits per heavy atom. The minimum Gasteiger partial charge on any atom is -0.451 e. The number of nitrogens with one attached hydrogen (secondary N) is 2. The Morgan fingerprint density at radius 3 is 2.30 bits per heavy atom. The molecule has 0 saturated heterocycles. The summed E-state index contributed by atoms with van der Waals surface area (Å²) in [7, 11) is -3.86. The van der Waals surface area contributed by atoms with E-state index in [4.69, 9.17) is 8.94 Å². The van der Waals surface area contributed by atoms with Crippen LogP contribution >= 0.6 is 0 Å². The summed E-state index contributed by atoms with van der Waals surface area (Å²) < 4.78 is 38.2. The zero-order chi connectivity index (χ0) is 21.5. The number of furan rings is 1. The molecule has 0 radical (unpaired) electrons. The van der Waals surface area contributed by atoms with E-state index in [2.05, 4.69) is 15.2 Å². The maximum absolute atomic E-state index is 12.6. The SMILES string of the molecule is Cc1noc(NS(=O)(=O)c2ccc(NC(=O)c3oc4ccccc4c3C)cc2)c1C. The van der Waals surface area contributed by atoms with Crippen molar-refractivity contribution in [2.75, 3.05) is 10.0 Å². The van der Waals surface area contributed by atoms with Gasteiger partial charge in [-0.05, 0) is 51.1 Å². The highest BCUT2D eigenvalue weighted by atomic mass is 32.2. The highest BCUT2D eigenvalue weighted by molar-refractivity contribution is 7.92. The van der Waals surface area contributed by atoms with E-state index in [0.717, 1.165) is 10.9 Å². The van der Waals surface area contributed by atoms with Crippen molar-refractivity contribution >= 4 is 38.5 Å². The molecule has 8 nitrogen and oxygen atoms in total. The molecule has 2 heterocycles. The number of aromatic nitrogens is 1. The normalized spacial score (nSPS) is 11.6. The summed E-state index contributed by atoms with van der Waals surface area (Å²) in [5, 5.41) is 7.33. The van der Waals surface area contributed by atoms with Crippen molar-refractivity contribution in [2.45, 2.75) is 25.7 Å². The molecule has 9 heteroatoms. The number of carbonyl (C=O) groups excluding carboxylic acids is 1. The van der Waals surface area contributed by atoms with Crippen LogP contribution in [0, 0.1) is 20.8 Å². The first kappa shape index (κ1) is 19.7. The minimum absolute atomic E-state index is 0.0221. The number of amides is 1. The highest BCUT2D eigenvalue weighted by Crippen LogP contribution is 2.26. The van der Waals surface area contributed by atoms with Gasteiger partial charge < -0.3 is 14.3 Å². The largest absolute Gasteiger partial charge is 0.451 e. The molecule has 0 saturated carbocycles. The second-order valence-corrected chi connectivity index (χ2v) is 8.54. The predicted octanol–water partition coefficient (Wildman–Crippen LogP) is 4.40. The van der Waals surface area contributed by atoms with Crippen LogP contribution < -0.4 is 10.0 Å². The van der Waals surface area contributed by atoms with Crippen molar-refractivity contribution in [3.05, 3.63) is 71.1 Å². The van der Waals surface area contributed by atoms with E-state index in [9.17, 15) is 13.2 Å². The standard InChI is InChI=1S/C21H19N3O5S/c1-12-14(3)23-29-21(12)24-30(26,27)16-10-8-15(9-11-16)22-20(25)19-13(2)17-6-4-5-7-18(17)28-19/h4-11,24H,1-3H3,(H,22,25). The van der Waals surface area contributed by atoms with Gasteiger partial charge in [0, 0.05) is 22.2 Å². The van der Waals surface area contributed by atoms with Gasteiger partial charge in [0.05, 0.1) is 10.6 Å². The molecule has 4 rings (SSSR count). The molecule has 0 spiro atoms. The molecule has 0 bridgehead atoms. The topological polar surface area (TPSA) is 114 Å². The predicted molar refractivity (Wildman–Crippen MR) is 112 cm³/mol. The molecule has 2 aromatic heterocycles. The van der Waals surface area contributed by atoms with Gasteiger partial charge in [0.15, 0.2) is 5.76 Å². The Morgan fingerprint density at radius 2 is 1.67 bits per heavy atom. The monoisotopic (exact) mass is 425 g/mol. The molecule has 0 aliphatic heterocycles. The molecule has 2 aromatic carbocycles. The van der Waals surface area contributed by atoms with E-state index in [1.807, 2.05) is 25.1 Å². The summed E-state index contributed by atoms with van der Waals surface area (Å²) in [5.74, 6) is -0.124. The molecular formula is C21H19N3O5S. The third kappa shape index (κ3) is 3.55. The fraction of sp³-hybridized carbons (Fsp3) is 0.143. The molecule has 4 aromatic rings. The van der Waals surface area contributed by atoms with Gasteiger partial charge in [0.25, 0.3) is 15.9 Å². The lowest BCUT2D eigenvalue weighted by molar-refractivity contribution is 0.0998. The number of rotatable bonds is 5. The Balaban J connectivity index is 1.52. The first-order chi connectivity index (χ1) is 14.3. The van der Waals surface area contributed by atoms with Gasteiger partial charge in [0.2, 0.25) is 5.88 Å². The van der Waals surface area contributed by atoms with Crippen molar-refractivity contribution in [2.24, 2.45) is 0 Å². The molecule has 0 atom stereocenters.